The second-order valence-corrected chi connectivity index (χ2v) is 6.95. The molecule has 9 heteroatoms. The first-order valence-electron chi connectivity index (χ1n) is 5.64. The van der Waals surface area contributed by atoms with E-state index in [9.17, 15) is 13.2 Å². The van der Waals surface area contributed by atoms with Gasteiger partial charge in [0, 0.05) is 6.04 Å². The second kappa shape index (κ2) is 5.50. The molecule has 1 saturated carbocycles. The number of carboxylic acid groups (broad SMARTS) is 1. The maximum absolute atomic E-state index is 12.1. The molecule has 0 unspecified atom stereocenters. The summed E-state index contributed by atoms with van der Waals surface area (Å²) in [6.07, 6.45) is 0.116. The van der Waals surface area contributed by atoms with E-state index in [1.807, 2.05) is 0 Å². The lowest BCUT2D eigenvalue weighted by molar-refractivity contribution is 0.0695. The number of hydrogen-bond acceptors (Lipinski definition) is 4. The van der Waals surface area contributed by atoms with Gasteiger partial charge in [-0.3, -0.25) is 0 Å². The van der Waals surface area contributed by atoms with Crippen molar-refractivity contribution in [1.82, 2.24) is 4.72 Å². The van der Waals surface area contributed by atoms with Crippen molar-refractivity contribution in [3.05, 3.63) is 27.7 Å². The largest absolute Gasteiger partial charge is 0.478 e. The first kappa shape index (κ1) is 15.5. The van der Waals surface area contributed by atoms with Crippen LogP contribution in [0.4, 0.5) is 0 Å². The Morgan fingerprint density at radius 2 is 1.90 bits per heavy atom. The normalized spacial score (nSPS) is 22.4. The van der Waals surface area contributed by atoms with Gasteiger partial charge in [0.25, 0.3) is 0 Å². The Morgan fingerprint density at radius 3 is 2.40 bits per heavy atom. The Labute approximate surface area is 125 Å². The van der Waals surface area contributed by atoms with Crippen molar-refractivity contribution < 1.29 is 23.4 Å². The van der Waals surface area contributed by atoms with Crippen LogP contribution in [0.5, 0.6) is 0 Å². The highest BCUT2D eigenvalue weighted by atomic mass is 35.5. The van der Waals surface area contributed by atoms with Crippen molar-refractivity contribution in [3.63, 3.8) is 0 Å². The summed E-state index contributed by atoms with van der Waals surface area (Å²) in [5, 5.41) is 17.6. The van der Waals surface area contributed by atoms with Gasteiger partial charge in [0.05, 0.1) is 21.7 Å². The van der Waals surface area contributed by atoms with Gasteiger partial charge in [-0.1, -0.05) is 23.2 Å². The van der Waals surface area contributed by atoms with Crippen LogP contribution >= 0.6 is 23.2 Å². The van der Waals surface area contributed by atoms with Crippen LogP contribution in [0.2, 0.25) is 10.0 Å². The van der Waals surface area contributed by atoms with E-state index in [1.54, 1.807) is 0 Å². The molecule has 0 aliphatic heterocycles. The predicted octanol–water partition coefficient (Wildman–Crippen LogP) is 1.49. The molecule has 0 heterocycles. The van der Waals surface area contributed by atoms with Crippen LogP contribution in [0.3, 0.4) is 0 Å². The SMILES string of the molecule is O=C(O)c1c(Cl)ccc(S(=O)(=O)NC2CC(O)C2)c1Cl. The third kappa shape index (κ3) is 2.91. The standard InChI is InChI=1S/C11H11Cl2NO5S/c12-7-1-2-8(10(13)9(7)11(16)17)20(18,19)14-5-3-6(15)4-5/h1-2,5-6,14-15H,3-4H2,(H,16,17). The number of aliphatic hydroxyl groups is 1. The molecule has 0 bridgehead atoms. The summed E-state index contributed by atoms with van der Waals surface area (Å²) in [4.78, 5) is 10.7. The van der Waals surface area contributed by atoms with Gasteiger partial charge in [0.15, 0.2) is 0 Å². The van der Waals surface area contributed by atoms with Crippen molar-refractivity contribution in [2.24, 2.45) is 0 Å². The fourth-order valence-corrected chi connectivity index (χ4v) is 4.08. The minimum absolute atomic E-state index is 0.138. The summed E-state index contributed by atoms with van der Waals surface area (Å²) in [5.41, 5.74) is -0.454. The highest BCUT2D eigenvalue weighted by molar-refractivity contribution is 7.89. The molecule has 0 radical (unpaired) electrons. The van der Waals surface area contributed by atoms with Gasteiger partial charge in [-0.2, -0.15) is 0 Å². The van der Waals surface area contributed by atoms with Crippen molar-refractivity contribution in [2.75, 3.05) is 0 Å². The van der Waals surface area contributed by atoms with Crippen molar-refractivity contribution >= 4 is 39.2 Å². The number of aromatic carboxylic acids is 1. The lowest BCUT2D eigenvalue weighted by atomic mass is 9.91. The van der Waals surface area contributed by atoms with E-state index in [2.05, 4.69) is 4.72 Å². The first-order valence-corrected chi connectivity index (χ1v) is 7.88. The van der Waals surface area contributed by atoms with E-state index in [-0.39, 0.29) is 16.0 Å². The molecule has 0 aromatic heterocycles. The molecule has 0 amide bonds. The smallest absolute Gasteiger partial charge is 0.338 e. The molecule has 0 atom stereocenters. The Balaban J connectivity index is 2.37. The molecular weight excluding hydrogens is 329 g/mol. The summed E-state index contributed by atoms with van der Waals surface area (Å²) >= 11 is 11.5. The number of aliphatic hydroxyl groups excluding tert-OH is 1. The van der Waals surface area contributed by atoms with Crippen molar-refractivity contribution in [2.45, 2.75) is 29.9 Å². The molecule has 6 nitrogen and oxygen atoms in total. The van der Waals surface area contributed by atoms with Crippen LogP contribution in [0, 0.1) is 0 Å². The molecule has 2 rings (SSSR count). The zero-order valence-corrected chi connectivity index (χ0v) is 12.3. The fraction of sp³-hybridized carbons (Fsp3) is 0.364. The molecule has 1 aromatic carbocycles. The molecule has 1 fully saturated rings. The minimum Gasteiger partial charge on any atom is -0.478 e. The number of carboxylic acids is 1. The number of nitrogens with one attached hydrogen (secondary N) is 1. The van der Waals surface area contributed by atoms with Crippen LogP contribution in [0.25, 0.3) is 0 Å². The number of rotatable bonds is 4. The van der Waals surface area contributed by atoms with Crippen molar-refractivity contribution in [1.29, 1.82) is 0 Å². The zero-order chi connectivity index (χ0) is 15.1. The molecular formula is C11H11Cl2NO5S. The number of sulfonamides is 1. The maximum atomic E-state index is 12.1. The van der Waals surface area contributed by atoms with Gasteiger partial charge in [-0.25, -0.2) is 17.9 Å². The van der Waals surface area contributed by atoms with E-state index in [0.717, 1.165) is 6.07 Å². The van der Waals surface area contributed by atoms with Gasteiger partial charge in [0.1, 0.15) is 4.90 Å². The quantitative estimate of drug-likeness (QED) is 0.771. The number of carbonyl (C=O) groups is 1. The minimum atomic E-state index is -3.96. The molecule has 110 valence electrons. The molecule has 0 saturated heterocycles. The Kier molecular flexibility index (Phi) is 4.27. The highest BCUT2D eigenvalue weighted by Crippen LogP contribution is 2.32. The zero-order valence-electron chi connectivity index (χ0n) is 10.0. The van der Waals surface area contributed by atoms with E-state index in [0.29, 0.717) is 12.8 Å². The van der Waals surface area contributed by atoms with Gasteiger partial charge in [0.2, 0.25) is 10.0 Å². The number of hydrogen-bond donors (Lipinski definition) is 3. The second-order valence-electron chi connectivity index (χ2n) is 4.48. The number of halogens is 2. The Morgan fingerprint density at radius 1 is 1.30 bits per heavy atom. The van der Waals surface area contributed by atoms with E-state index >= 15 is 0 Å². The van der Waals surface area contributed by atoms with Crippen LogP contribution in [-0.2, 0) is 10.0 Å². The third-order valence-electron chi connectivity index (χ3n) is 2.99. The van der Waals surface area contributed by atoms with Crippen LogP contribution in [0.1, 0.15) is 23.2 Å². The van der Waals surface area contributed by atoms with E-state index in [1.165, 1.54) is 6.07 Å². The summed E-state index contributed by atoms with van der Waals surface area (Å²) in [6, 6.07) is 1.94. The Hall–Kier alpha value is -0.860. The van der Waals surface area contributed by atoms with E-state index < -0.39 is 32.7 Å². The maximum Gasteiger partial charge on any atom is 0.338 e. The summed E-state index contributed by atoms with van der Waals surface area (Å²) in [7, 11) is -3.96. The highest BCUT2D eigenvalue weighted by Gasteiger charge is 2.33. The van der Waals surface area contributed by atoms with Crippen LogP contribution < -0.4 is 4.72 Å². The summed E-state index contributed by atoms with van der Waals surface area (Å²) in [5.74, 6) is -1.41. The average Bonchev–Trinajstić information content (AvgIpc) is 2.25. The van der Waals surface area contributed by atoms with Crippen LogP contribution in [0.15, 0.2) is 17.0 Å². The first-order chi connectivity index (χ1) is 9.22. The molecule has 3 N–H and O–H groups in total. The van der Waals surface area contributed by atoms with Gasteiger partial charge in [-0.05, 0) is 25.0 Å². The fourth-order valence-electron chi connectivity index (χ4n) is 1.90. The summed E-state index contributed by atoms with van der Waals surface area (Å²) in [6.45, 7) is 0. The Bertz CT molecular complexity index is 655. The average molecular weight is 340 g/mol. The molecule has 20 heavy (non-hydrogen) atoms. The van der Waals surface area contributed by atoms with Gasteiger partial charge < -0.3 is 10.2 Å². The monoisotopic (exact) mass is 339 g/mol. The molecule has 1 aliphatic carbocycles. The van der Waals surface area contributed by atoms with E-state index in [4.69, 9.17) is 33.4 Å². The molecule has 1 aromatic rings. The van der Waals surface area contributed by atoms with Crippen molar-refractivity contribution in [3.8, 4) is 0 Å². The lowest BCUT2D eigenvalue weighted by Crippen LogP contribution is -2.46. The van der Waals surface area contributed by atoms with Crippen LogP contribution in [-0.4, -0.2) is 36.7 Å². The van der Waals surface area contributed by atoms with Gasteiger partial charge in [-0.15, -0.1) is 0 Å². The lowest BCUT2D eigenvalue weighted by Gasteiger charge is -2.31. The topological polar surface area (TPSA) is 104 Å². The number of benzene rings is 1. The van der Waals surface area contributed by atoms with Gasteiger partial charge >= 0.3 is 5.97 Å². The third-order valence-corrected chi connectivity index (χ3v) is 5.38. The predicted molar refractivity (Wildman–Crippen MR) is 72.8 cm³/mol. The summed E-state index contributed by atoms with van der Waals surface area (Å²) < 4.78 is 26.6. The molecule has 1 aliphatic rings. The molecule has 0 spiro atoms.